The molecular formula is C12H10O4. The normalized spacial score (nSPS) is 10.2. The highest BCUT2D eigenvalue weighted by Gasteiger charge is 2.08. The molecule has 0 N–H and O–H groups in total. The predicted octanol–water partition coefficient (Wildman–Crippen LogP) is 2.28. The molecule has 16 heavy (non-hydrogen) atoms. The first-order valence-corrected chi connectivity index (χ1v) is 4.88. The van der Waals surface area contributed by atoms with Crippen molar-refractivity contribution in [2.24, 2.45) is 0 Å². The van der Waals surface area contributed by atoms with Crippen molar-refractivity contribution in [3.8, 4) is 0 Å². The van der Waals surface area contributed by atoms with Gasteiger partial charge in [0.15, 0.2) is 24.1 Å². The third-order valence-electron chi connectivity index (χ3n) is 2.44. The molecule has 0 aromatic carbocycles. The quantitative estimate of drug-likeness (QED) is 0.722. The number of aldehydes is 2. The topological polar surface area (TPSA) is 60.4 Å². The molecule has 4 nitrogen and oxygen atoms in total. The fourth-order valence-electron chi connectivity index (χ4n) is 1.58. The van der Waals surface area contributed by atoms with Crippen LogP contribution in [-0.2, 0) is 12.8 Å². The zero-order valence-corrected chi connectivity index (χ0v) is 8.51. The molecule has 0 radical (unpaired) electrons. The summed E-state index contributed by atoms with van der Waals surface area (Å²) in [6, 6.07) is 3.51. The van der Waals surface area contributed by atoms with E-state index in [4.69, 9.17) is 8.83 Å². The molecule has 0 aliphatic rings. The van der Waals surface area contributed by atoms with Crippen molar-refractivity contribution in [1.82, 2.24) is 0 Å². The van der Waals surface area contributed by atoms with Gasteiger partial charge in [-0.3, -0.25) is 9.59 Å². The van der Waals surface area contributed by atoms with E-state index in [1.54, 1.807) is 12.1 Å². The molecule has 0 saturated carbocycles. The van der Waals surface area contributed by atoms with Gasteiger partial charge in [0.1, 0.15) is 0 Å². The molecule has 2 heterocycles. The second kappa shape index (κ2) is 4.61. The van der Waals surface area contributed by atoms with Gasteiger partial charge < -0.3 is 8.83 Å². The highest BCUT2D eigenvalue weighted by molar-refractivity contribution is 5.74. The Bertz CT molecular complexity index is 446. The molecule has 0 bridgehead atoms. The summed E-state index contributed by atoms with van der Waals surface area (Å²) in [6.45, 7) is 0. The fourth-order valence-corrected chi connectivity index (χ4v) is 1.58. The van der Waals surface area contributed by atoms with E-state index in [-0.39, 0.29) is 0 Å². The predicted molar refractivity (Wildman–Crippen MR) is 55.6 cm³/mol. The Balaban J connectivity index is 2.07. The zero-order chi connectivity index (χ0) is 11.4. The van der Waals surface area contributed by atoms with Crippen LogP contribution in [0.25, 0.3) is 0 Å². The molecule has 2 aromatic rings. The lowest BCUT2D eigenvalue weighted by Gasteiger charge is -1.97. The molecule has 2 aromatic heterocycles. The van der Waals surface area contributed by atoms with Crippen molar-refractivity contribution < 1.29 is 18.4 Å². The molecular weight excluding hydrogens is 208 g/mol. The summed E-state index contributed by atoms with van der Waals surface area (Å²) >= 11 is 0. The van der Waals surface area contributed by atoms with Crippen LogP contribution in [0.2, 0.25) is 0 Å². The average molecular weight is 218 g/mol. The summed E-state index contributed by atoms with van der Waals surface area (Å²) in [5, 5.41) is 0. The summed E-state index contributed by atoms with van der Waals surface area (Å²) in [5.41, 5.74) is 1.68. The van der Waals surface area contributed by atoms with Crippen molar-refractivity contribution in [2.45, 2.75) is 12.8 Å². The van der Waals surface area contributed by atoms with Gasteiger partial charge in [0.05, 0.1) is 12.5 Å². The van der Waals surface area contributed by atoms with E-state index in [1.165, 1.54) is 12.5 Å². The molecule has 82 valence electrons. The Morgan fingerprint density at radius 1 is 0.875 bits per heavy atom. The van der Waals surface area contributed by atoms with Crippen LogP contribution in [0.5, 0.6) is 0 Å². The number of carbonyl (C=O) groups is 2. The number of carbonyl (C=O) groups excluding carboxylic acids is 2. The van der Waals surface area contributed by atoms with E-state index >= 15 is 0 Å². The van der Waals surface area contributed by atoms with Crippen molar-refractivity contribution in [1.29, 1.82) is 0 Å². The molecule has 0 aliphatic carbocycles. The Labute approximate surface area is 91.9 Å². The van der Waals surface area contributed by atoms with Gasteiger partial charge in [-0.15, -0.1) is 0 Å². The first kappa shape index (κ1) is 10.4. The Hall–Kier alpha value is -2.10. The SMILES string of the molecule is O=Cc1occc1CCc1ccoc1C=O. The largest absolute Gasteiger partial charge is 0.461 e. The van der Waals surface area contributed by atoms with Crippen LogP contribution >= 0.6 is 0 Å². The van der Waals surface area contributed by atoms with Crippen molar-refractivity contribution in [3.63, 3.8) is 0 Å². The van der Waals surface area contributed by atoms with E-state index in [2.05, 4.69) is 0 Å². The molecule has 0 fully saturated rings. The second-order valence-corrected chi connectivity index (χ2v) is 3.36. The molecule has 0 unspecified atom stereocenters. The van der Waals surface area contributed by atoms with Gasteiger partial charge >= 0.3 is 0 Å². The van der Waals surface area contributed by atoms with Gasteiger partial charge in [0.2, 0.25) is 0 Å². The van der Waals surface area contributed by atoms with Crippen LogP contribution in [-0.4, -0.2) is 12.6 Å². The molecule has 0 spiro atoms. The number of aryl methyl sites for hydroxylation is 2. The zero-order valence-electron chi connectivity index (χ0n) is 8.51. The van der Waals surface area contributed by atoms with Crippen molar-refractivity contribution in [2.75, 3.05) is 0 Å². The first-order valence-electron chi connectivity index (χ1n) is 4.88. The van der Waals surface area contributed by atoms with Gasteiger partial charge in [-0.1, -0.05) is 0 Å². The maximum atomic E-state index is 10.6. The minimum absolute atomic E-state index is 0.344. The van der Waals surface area contributed by atoms with E-state index in [0.717, 1.165) is 11.1 Å². The number of rotatable bonds is 5. The minimum atomic E-state index is 0.344. The Kier molecular flexibility index (Phi) is 3.00. The molecule has 0 atom stereocenters. The average Bonchev–Trinajstić information content (AvgIpc) is 2.94. The van der Waals surface area contributed by atoms with Gasteiger partial charge in [-0.2, -0.15) is 0 Å². The number of furan rings is 2. The first-order chi connectivity index (χ1) is 7.85. The molecule has 0 amide bonds. The second-order valence-electron chi connectivity index (χ2n) is 3.36. The summed E-state index contributed by atoms with van der Waals surface area (Å²) in [7, 11) is 0. The number of hydrogen-bond donors (Lipinski definition) is 0. The van der Waals surface area contributed by atoms with Gasteiger partial charge in [0.25, 0.3) is 0 Å². The van der Waals surface area contributed by atoms with Crippen molar-refractivity contribution in [3.05, 3.63) is 47.3 Å². The van der Waals surface area contributed by atoms with E-state index in [0.29, 0.717) is 36.9 Å². The third kappa shape index (κ3) is 1.95. The van der Waals surface area contributed by atoms with E-state index in [1.807, 2.05) is 0 Å². The Morgan fingerprint density at radius 3 is 1.69 bits per heavy atom. The van der Waals surface area contributed by atoms with Crippen LogP contribution in [0.3, 0.4) is 0 Å². The maximum absolute atomic E-state index is 10.6. The van der Waals surface area contributed by atoms with Crippen molar-refractivity contribution >= 4 is 12.6 Å². The molecule has 2 rings (SSSR count). The van der Waals surface area contributed by atoms with Gasteiger partial charge in [-0.25, -0.2) is 0 Å². The van der Waals surface area contributed by atoms with E-state index in [9.17, 15) is 9.59 Å². The Morgan fingerprint density at radius 2 is 1.31 bits per heavy atom. The van der Waals surface area contributed by atoms with E-state index < -0.39 is 0 Å². The minimum Gasteiger partial charge on any atom is -0.461 e. The molecule has 0 aliphatic heterocycles. The summed E-state index contributed by atoms with van der Waals surface area (Å²) in [4.78, 5) is 21.2. The van der Waals surface area contributed by atoms with Gasteiger partial charge in [-0.05, 0) is 25.0 Å². The van der Waals surface area contributed by atoms with Crippen LogP contribution in [0.1, 0.15) is 32.2 Å². The lowest BCUT2D eigenvalue weighted by molar-refractivity contribution is 0.109. The van der Waals surface area contributed by atoms with Crippen LogP contribution in [0, 0.1) is 0 Å². The highest BCUT2D eigenvalue weighted by Crippen LogP contribution is 2.15. The summed E-state index contributed by atoms with van der Waals surface area (Å²) < 4.78 is 9.96. The monoisotopic (exact) mass is 218 g/mol. The lowest BCUT2D eigenvalue weighted by atomic mass is 10.1. The molecule has 0 saturated heterocycles. The molecule has 4 heteroatoms. The maximum Gasteiger partial charge on any atom is 0.185 e. The fraction of sp³-hybridized carbons (Fsp3) is 0.167. The van der Waals surface area contributed by atoms with Crippen LogP contribution < -0.4 is 0 Å². The van der Waals surface area contributed by atoms with Crippen LogP contribution in [0.15, 0.2) is 33.5 Å². The lowest BCUT2D eigenvalue weighted by Crippen LogP contribution is -1.94. The summed E-state index contributed by atoms with van der Waals surface area (Å²) in [5.74, 6) is 0.687. The third-order valence-corrected chi connectivity index (χ3v) is 2.44. The number of hydrogen-bond acceptors (Lipinski definition) is 4. The summed E-state index contributed by atoms with van der Waals surface area (Å²) in [6.07, 6.45) is 5.62. The highest BCUT2D eigenvalue weighted by atomic mass is 16.3. The standard InChI is InChI=1S/C12H10O4/c13-7-11-9(3-5-15-11)1-2-10-4-6-16-12(10)8-14/h3-8H,1-2H2. The van der Waals surface area contributed by atoms with Crippen LogP contribution in [0.4, 0.5) is 0 Å². The van der Waals surface area contributed by atoms with Gasteiger partial charge in [0, 0.05) is 11.1 Å². The smallest absolute Gasteiger partial charge is 0.185 e.